The fraction of sp³-hybridized carbons (Fsp3) is 0.176. The number of carbonyl (C=O) groups excluding carboxylic acids is 1. The molecule has 1 aromatic carbocycles. The van der Waals surface area contributed by atoms with Crippen LogP contribution in [0.15, 0.2) is 42.2 Å². The van der Waals surface area contributed by atoms with Crippen LogP contribution in [0.1, 0.15) is 34.6 Å². The van der Waals surface area contributed by atoms with Gasteiger partial charge in [-0.25, -0.2) is 9.37 Å². The van der Waals surface area contributed by atoms with E-state index in [2.05, 4.69) is 20.3 Å². The van der Waals surface area contributed by atoms with E-state index >= 15 is 0 Å². The van der Waals surface area contributed by atoms with E-state index in [1.54, 1.807) is 18.5 Å². The Hall–Kier alpha value is -2.88. The van der Waals surface area contributed by atoms with Gasteiger partial charge in [0.15, 0.2) is 0 Å². The summed E-state index contributed by atoms with van der Waals surface area (Å²) >= 11 is 1.33. The minimum Gasteiger partial charge on any atom is -0.344 e. The van der Waals surface area contributed by atoms with Gasteiger partial charge in [0.2, 0.25) is 0 Å². The van der Waals surface area contributed by atoms with Crippen LogP contribution in [0.5, 0.6) is 0 Å². The van der Waals surface area contributed by atoms with Gasteiger partial charge >= 0.3 is 6.18 Å². The van der Waals surface area contributed by atoms with Crippen molar-refractivity contribution >= 4 is 17.2 Å². The second-order valence-electron chi connectivity index (χ2n) is 5.55. The number of carbonyl (C=O) groups is 1. The number of hydrogen-bond donors (Lipinski definition) is 1. The number of benzene rings is 1. The highest BCUT2D eigenvalue weighted by atomic mass is 32.1. The number of thiazole rings is 1. The van der Waals surface area contributed by atoms with Crippen molar-refractivity contribution in [2.75, 3.05) is 0 Å². The molecule has 5 nitrogen and oxygen atoms in total. The Kier molecular flexibility index (Phi) is 5.17. The smallest absolute Gasteiger partial charge is 0.344 e. The number of hydrogen-bond acceptors (Lipinski definition) is 5. The molecular formula is C17H12F4N4OS. The standard InChI is InChI=1S/C17H12F4N4OS/c1-9(13-14(23-3-2-22-13)16-24-4-5-27-16)25-15(26)10-6-11(17(19,20)21)8-12(18)7-10/h2-9H,1H3,(H,25,26). The van der Waals surface area contributed by atoms with Crippen molar-refractivity contribution in [2.24, 2.45) is 0 Å². The summed E-state index contributed by atoms with van der Waals surface area (Å²) in [6.07, 6.45) is -0.269. The largest absolute Gasteiger partial charge is 0.416 e. The molecule has 0 aliphatic rings. The van der Waals surface area contributed by atoms with Gasteiger partial charge in [-0.1, -0.05) is 0 Å². The summed E-state index contributed by atoms with van der Waals surface area (Å²) in [4.78, 5) is 24.9. The van der Waals surface area contributed by atoms with Gasteiger partial charge in [0.1, 0.15) is 16.5 Å². The Morgan fingerprint density at radius 3 is 2.52 bits per heavy atom. The van der Waals surface area contributed by atoms with Crippen molar-refractivity contribution < 1.29 is 22.4 Å². The summed E-state index contributed by atoms with van der Waals surface area (Å²) in [7, 11) is 0. The molecule has 0 saturated carbocycles. The number of halogens is 4. The highest BCUT2D eigenvalue weighted by Crippen LogP contribution is 2.31. The molecule has 1 atom stereocenters. The van der Waals surface area contributed by atoms with Crippen molar-refractivity contribution in [3.63, 3.8) is 0 Å². The second kappa shape index (κ2) is 7.39. The maximum atomic E-state index is 13.5. The molecule has 0 aliphatic heterocycles. The fourth-order valence-electron chi connectivity index (χ4n) is 2.40. The molecule has 0 aliphatic carbocycles. The van der Waals surface area contributed by atoms with E-state index in [9.17, 15) is 22.4 Å². The predicted octanol–water partition coefficient (Wildman–Crippen LogP) is 4.25. The van der Waals surface area contributed by atoms with E-state index in [0.717, 1.165) is 6.07 Å². The third kappa shape index (κ3) is 4.27. The molecule has 0 spiro atoms. The highest BCUT2D eigenvalue weighted by Gasteiger charge is 2.32. The number of alkyl halides is 3. The lowest BCUT2D eigenvalue weighted by Gasteiger charge is -2.16. The molecule has 0 fully saturated rings. The van der Waals surface area contributed by atoms with Gasteiger partial charge in [0.05, 0.1) is 17.3 Å². The lowest BCUT2D eigenvalue weighted by molar-refractivity contribution is -0.137. The first-order chi connectivity index (χ1) is 12.8. The topological polar surface area (TPSA) is 67.8 Å². The molecule has 2 heterocycles. The van der Waals surface area contributed by atoms with E-state index in [1.165, 1.54) is 23.7 Å². The summed E-state index contributed by atoms with van der Waals surface area (Å²) in [5.41, 5.74) is -0.819. The summed E-state index contributed by atoms with van der Waals surface area (Å²) in [5.74, 6) is -2.01. The Morgan fingerprint density at radius 1 is 1.11 bits per heavy atom. The number of aromatic nitrogens is 3. The second-order valence-corrected chi connectivity index (χ2v) is 6.44. The van der Waals surface area contributed by atoms with Crippen molar-refractivity contribution in [3.05, 3.63) is 64.8 Å². The molecule has 10 heteroatoms. The molecule has 1 N–H and O–H groups in total. The first-order valence-corrected chi connectivity index (χ1v) is 8.53. The van der Waals surface area contributed by atoms with E-state index < -0.39 is 35.1 Å². The number of amides is 1. The SMILES string of the molecule is CC(NC(=O)c1cc(F)cc(C(F)(F)F)c1)c1nccnc1-c1nccs1. The van der Waals surface area contributed by atoms with Crippen LogP contribution in [0.25, 0.3) is 10.7 Å². The van der Waals surface area contributed by atoms with Gasteiger partial charge in [-0.2, -0.15) is 13.2 Å². The molecule has 0 saturated heterocycles. The van der Waals surface area contributed by atoms with E-state index in [4.69, 9.17) is 0 Å². The van der Waals surface area contributed by atoms with Crippen molar-refractivity contribution in [1.29, 1.82) is 0 Å². The minimum absolute atomic E-state index is 0.337. The first-order valence-electron chi connectivity index (χ1n) is 7.65. The molecule has 0 radical (unpaired) electrons. The van der Waals surface area contributed by atoms with Crippen molar-refractivity contribution in [1.82, 2.24) is 20.3 Å². The maximum absolute atomic E-state index is 13.5. The van der Waals surface area contributed by atoms with Crippen LogP contribution in [-0.2, 0) is 6.18 Å². The average Bonchev–Trinajstić information content (AvgIpc) is 3.15. The molecule has 0 bridgehead atoms. The lowest BCUT2D eigenvalue weighted by atomic mass is 10.1. The molecule has 27 heavy (non-hydrogen) atoms. The van der Waals surface area contributed by atoms with Gasteiger partial charge in [-0.3, -0.25) is 14.8 Å². The Labute approximate surface area is 155 Å². The normalized spacial score (nSPS) is 12.6. The summed E-state index contributed by atoms with van der Waals surface area (Å²) < 4.78 is 52.0. The Morgan fingerprint density at radius 2 is 1.85 bits per heavy atom. The van der Waals surface area contributed by atoms with Crippen LogP contribution in [-0.4, -0.2) is 20.9 Å². The predicted molar refractivity (Wildman–Crippen MR) is 90.4 cm³/mol. The monoisotopic (exact) mass is 396 g/mol. The molecule has 1 unspecified atom stereocenters. The molecule has 3 aromatic rings. The Bertz CT molecular complexity index is 960. The van der Waals surface area contributed by atoms with Crippen LogP contribution in [0.3, 0.4) is 0 Å². The fourth-order valence-corrected chi connectivity index (χ4v) is 3.04. The first kappa shape index (κ1) is 18.9. The van der Waals surface area contributed by atoms with E-state index in [-0.39, 0.29) is 0 Å². The minimum atomic E-state index is -4.76. The van der Waals surface area contributed by atoms with Crippen LogP contribution < -0.4 is 5.32 Å². The van der Waals surface area contributed by atoms with Crippen molar-refractivity contribution in [3.8, 4) is 10.7 Å². The third-order valence-electron chi connectivity index (χ3n) is 3.61. The molecule has 2 aromatic heterocycles. The number of nitrogens with zero attached hydrogens (tertiary/aromatic N) is 3. The van der Waals surface area contributed by atoms with Gasteiger partial charge in [-0.05, 0) is 25.1 Å². The third-order valence-corrected chi connectivity index (χ3v) is 4.39. The molecular weight excluding hydrogens is 384 g/mol. The molecule has 3 rings (SSSR count). The average molecular weight is 396 g/mol. The summed E-state index contributed by atoms with van der Waals surface area (Å²) in [6, 6.07) is 0.991. The van der Waals surface area contributed by atoms with Crippen LogP contribution in [0.4, 0.5) is 17.6 Å². The summed E-state index contributed by atoms with van der Waals surface area (Å²) in [5, 5.41) is 4.86. The van der Waals surface area contributed by atoms with Gasteiger partial charge < -0.3 is 5.32 Å². The van der Waals surface area contributed by atoms with E-state index in [0.29, 0.717) is 28.5 Å². The molecule has 140 valence electrons. The molecule has 1 amide bonds. The van der Waals surface area contributed by atoms with Crippen LogP contribution in [0.2, 0.25) is 0 Å². The van der Waals surface area contributed by atoms with Crippen LogP contribution in [0, 0.1) is 5.82 Å². The Balaban J connectivity index is 1.87. The van der Waals surface area contributed by atoms with Gasteiger partial charge in [0, 0.05) is 29.5 Å². The van der Waals surface area contributed by atoms with Gasteiger partial charge in [-0.15, -0.1) is 11.3 Å². The number of nitrogens with one attached hydrogen (secondary N) is 1. The zero-order valence-corrected chi connectivity index (χ0v) is 14.6. The van der Waals surface area contributed by atoms with Crippen molar-refractivity contribution in [2.45, 2.75) is 19.1 Å². The number of rotatable bonds is 4. The quantitative estimate of drug-likeness (QED) is 0.670. The van der Waals surface area contributed by atoms with E-state index in [1.807, 2.05) is 0 Å². The lowest BCUT2D eigenvalue weighted by Crippen LogP contribution is -2.28. The van der Waals surface area contributed by atoms with Gasteiger partial charge in [0.25, 0.3) is 5.91 Å². The zero-order chi connectivity index (χ0) is 19.6. The van der Waals surface area contributed by atoms with Crippen LogP contribution >= 0.6 is 11.3 Å². The zero-order valence-electron chi connectivity index (χ0n) is 13.8. The maximum Gasteiger partial charge on any atom is 0.416 e. The summed E-state index contributed by atoms with van der Waals surface area (Å²) in [6.45, 7) is 1.60. The highest BCUT2D eigenvalue weighted by molar-refractivity contribution is 7.13.